The zero-order valence-corrected chi connectivity index (χ0v) is 15.4. The van der Waals surface area contributed by atoms with Gasteiger partial charge in [-0.05, 0) is 48.4 Å². The van der Waals surface area contributed by atoms with E-state index in [1.165, 1.54) is 6.07 Å². The highest BCUT2D eigenvalue weighted by atomic mass is 19.4. The Kier molecular flexibility index (Phi) is 4.91. The molecule has 3 aliphatic carbocycles. The second-order valence-electron chi connectivity index (χ2n) is 7.86. The second kappa shape index (κ2) is 7.24. The minimum atomic E-state index is -4.39. The molecule has 0 saturated heterocycles. The number of rotatable bonds is 7. The summed E-state index contributed by atoms with van der Waals surface area (Å²) in [5.41, 5.74) is 0.600. The van der Waals surface area contributed by atoms with Crippen LogP contribution in [-0.2, 0) is 28.9 Å². The molecular formula is C22H22F3NO2. The van der Waals surface area contributed by atoms with Crippen molar-refractivity contribution >= 4 is 5.91 Å². The molecule has 28 heavy (non-hydrogen) atoms. The Morgan fingerprint density at radius 3 is 2.32 bits per heavy atom. The SMILES string of the molecule is O=C(COCc1ccccc1)N(Cc1cccc(C(F)(F)F)c1)C12CC(C1)C2. The Morgan fingerprint density at radius 2 is 1.71 bits per heavy atom. The molecule has 3 saturated carbocycles. The molecule has 0 atom stereocenters. The van der Waals surface area contributed by atoms with Gasteiger partial charge in [-0.1, -0.05) is 42.5 Å². The Balaban J connectivity index is 1.43. The number of carbonyl (C=O) groups excluding carboxylic acids is 1. The van der Waals surface area contributed by atoms with Crippen molar-refractivity contribution in [1.82, 2.24) is 4.90 Å². The first-order chi connectivity index (χ1) is 13.4. The molecule has 6 heteroatoms. The number of hydrogen-bond donors (Lipinski definition) is 0. The molecule has 5 rings (SSSR count). The second-order valence-corrected chi connectivity index (χ2v) is 7.86. The number of halogens is 3. The third-order valence-corrected chi connectivity index (χ3v) is 5.81. The van der Waals surface area contributed by atoms with Crippen LogP contribution < -0.4 is 0 Å². The maximum Gasteiger partial charge on any atom is 0.416 e. The van der Waals surface area contributed by atoms with Gasteiger partial charge in [0.15, 0.2) is 0 Å². The van der Waals surface area contributed by atoms with Crippen LogP contribution in [-0.4, -0.2) is 23.0 Å². The van der Waals surface area contributed by atoms with Gasteiger partial charge >= 0.3 is 6.18 Å². The Hall–Kier alpha value is -2.34. The van der Waals surface area contributed by atoms with Gasteiger partial charge in [0, 0.05) is 12.1 Å². The zero-order chi connectivity index (χ0) is 19.8. The summed E-state index contributed by atoms with van der Waals surface area (Å²) in [5, 5.41) is 0. The highest BCUT2D eigenvalue weighted by Gasteiger charge is 2.61. The minimum absolute atomic E-state index is 0.0692. The molecule has 148 valence electrons. The summed E-state index contributed by atoms with van der Waals surface area (Å²) in [4.78, 5) is 14.6. The molecule has 0 N–H and O–H groups in total. The van der Waals surface area contributed by atoms with Crippen LogP contribution in [0.1, 0.15) is 36.0 Å². The van der Waals surface area contributed by atoms with E-state index < -0.39 is 11.7 Å². The van der Waals surface area contributed by atoms with Crippen LogP contribution >= 0.6 is 0 Å². The molecule has 3 fully saturated rings. The first-order valence-corrected chi connectivity index (χ1v) is 9.44. The maximum atomic E-state index is 13.0. The van der Waals surface area contributed by atoms with Crippen molar-refractivity contribution in [3.8, 4) is 0 Å². The maximum absolute atomic E-state index is 13.0. The van der Waals surface area contributed by atoms with E-state index in [1.54, 1.807) is 11.0 Å². The van der Waals surface area contributed by atoms with Gasteiger partial charge in [-0.25, -0.2) is 0 Å². The Morgan fingerprint density at radius 1 is 1.04 bits per heavy atom. The lowest BCUT2D eigenvalue weighted by Crippen LogP contribution is -2.69. The van der Waals surface area contributed by atoms with Gasteiger partial charge in [0.25, 0.3) is 0 Å². The summed E-state index contributed by atoms with van der Waals surface area (Å²) in [6.45, 7) is 0.448. The van der Waals surface area contributed by atoms with Crippen LogP contribution in [0, 0.1) is 5.92 Å². The van der Waals surface area contributed by atoms with Crippen molar-refractivity contribution in [3.05, 3.63) is 71.3 Å². The van der Waals surface area contributed by atoms with E-state index in [4.69, 9.17) is 4.74 Å². The first-order valence-electron chi connectivity index (χ1n) is 9.44. The van der Waals surface area contributed by atoms with Crippen molar-refractivity contribution in [3.63, 3.8) is 0 Å². The molecule has 2 aromatic carbocycles. The molecule has 3 aliphatic rings. The first kappa shape index (κ1) is 19.0. The number of amides is 1. The average molecular weight is 389 g/mol. The predicted molar refractivity (Wildman–Crippen MR) is 98.2 cm³/mol. The molecular weight excluding hydrogens is 367 g/mol. The van der Waals surface area contributed by atoms with Gasteiger partial charge in [0.2, 0.25) is 5.91 Å². The average Bonchev–Trinajstić information content (AvgIpc) is 2.59. The lowest BCUT2D eigenvalue weighted by Gasteiger charge is -2.66. The fourth-order valence-corrected chi connectivity index (χ4v) is 4.22. The Labute approximate surface area is 162 Å². The lowest BCUT2D eigenvalue weighted by atomic mass is 9.49. The lowest BCUT2D eigenvalue weighted by molar-refractivity contribution is -0.178. The van der Waals surface area contributed by atoms with Crippen LogP contribution in [0.2, 0.25) is 0 Å². The quantitative estimate of drug-likeness (QED) is 0.681. The number of benzene rings is 2. The monoisotopic (exact) mass is 389 g/mol. The molecule has 1 amide bonds. The van der Waals surface area contributed by atoms with Gasteiger partial charge < -0.3 is 9.64 Å². The number of carbonyl (C=O) groups is 1. The van der Waals surface area contributed by atoms with Crippen molar-refractivity contribution in [2.24, 2.45) is 5.92 Å². The van der Waals surface area contributed by atoms with Crippen molar-refractivity contribution in [2.45, 2.75) is 44.1 Å². The van der Waals surface area contributed by atoms with E-state index in [9.17, 15) is 18.0 Å². The summed E-state index contributed by atoms with van der Waals surface area (Å²) >= 11 is 0. The summed E-state index contributed by atoms with van der Waals surface area (Å²) in [5.74, 6) is 0.494. The fraction of sp³-hybridized carbons (Fsp3) is 0.409. The topological polar surface area (TPSA) is 29.5 Å². The minimum Gasteiger partial charge on any atom is -0.367 e. The van der Waals surface area contributed by atoms with Crippen LogP contribution in [0.4, 0.5) is 13.2 Å². The van der Waals surface area contributed by atoms with Gasteiger partial charge in [-0.2, -0.15) is 13.2 Å². The molecule has 2 bridgehead atoms. The smallest absolute Gasteiger partial charge is 0.367 e. The van der Waals surface area contributed by atoms with E-state index in [1.807, 2.05) is 30.3 Å². The summed E-state index contributed by atoms with van der Waals surface area (Å²) in [7, 11) is 0. The van der Waals surface area contributed by atoms with E-state index >= 15 is 0 Å². The predicted octanol–water partition coefficient (Wildman–Crippen LogP) is 4.80. The van der Waals surface area contributed by atoms with Crippen LogP contribution in [0.5, 0.6) is 0 Å². The molecule has 2 aromatic rings. The van der Waals surface area contributed by atoms with E-state index in [0.717, 1.165) is 37.0 Å². The van der Waals surface area contributed by atoms with Crippen LogP contribution in [0.25, 0.3) is 0 Å². The van der Waals surface area contributed by atoms with Gasteiger partial charge in [0.05, 0.1) is 12.2 Å². The highest BCUT2D eigenvalue weighted by Crippen LogP contribution is 2.60. The number of hydrogen-bond acceptors (Lipinski definition) is 2. The third kappa shape index (κ3) is 3.78. The van der Waals surface area contributed by atoms with Crippen LogP contribution in [0.3, 0.4) is 0 Å². The van der Waals surface area contributed by atoms with E-state index in [2.05, 4.69) is 0 Å². The summed E-state index contributed by atoms with van der Waals surface area (Å²) in [6.07, 6.45) is -1.57. The van der Waals surface area contributed by atoms with E-state index in [0.29, 0.717) is 18.1 Å². The molecule has 0 spiro atoms. The van der Waals surface area contributed by atoms with Crippen molar-refractivity contribution in [2.75, 3.05) is 6.61 Å². The molecule has 0 heterocycles. The molecule has 0 aliphatic heterocycles. The Bertz CT molecular complexity index is 833. The number of ether oxygens (including phenoxy) is 1. The largest absolute Gasteiger partial charge is 0.416 e. The summed E-state index contributed by atoms with van der Waals surface area (Å²) < 4.78 is 44.6. The van der Waals surface area contributed by atoms with Crippen LogP contribution in [0.15, 0.2) is 54.6 Å². The van der Waals surface area contributed by atoms with Gasteiger partial charge in [0.1, 0.15) is 6.61 Å². The third-order valence-electron chi connectivity index (χ3n) is 5.81. The molecule has 0 radical (unpaired) electrons. The van der Waals surface area contributed by atoms with Gasteiger partial charge in [-0.3, -0.25) is 4.79 Å². The standard InChI is InChI=1S/C22H22F3NO2/c23-22(24,25)19-8-4-7-17(9-19)13-26(21-10-18(11-21)12-21)20(27)15-28-14-16-5-2-1-3-6-16/h1-9,18H,10-15H2. The molecule has 0 unspecified atom stereocenters. The van der Waals surface area contributed by atoms with Crippen molar-refractivity contribution in [1.29, 1.82) is 0 Å². The normalized spacial score (nSPS) is 22.9. The zero-order valence-electron chi connectivity index (χ0n) is 15.4. The van der Waals surface area contributed by atoms with E-state index in [-0.39, 0.29) is 24.6 Å². The molecule has 3 nitrogen and oxygen atoms in total. The summed E-state index contributed by atoms with van der Waals surface area (Å²) in [6, 6.07) is 14.8. The molecule has 0 aromatic heterocycles. The van der Waals surface area contributed by atoms with Crippen molar-refractivity contribution < 1.29 is 22.7 Å². The fourth-order valence-electron chi connectivity index (χ4n) is 4.22. The number of alkyl halides is 3. The van der Waals surface area contributed by atoms with Gasteiger partial charge in [-0.15, -0.1) is 0 Å². The highest BCUT2D eigenvalue weighted by molar-refractivity contribution is 5.79. The number of nitrogens with zero attached hydrogens (tertiary/aromatic N) is 1.